The predicted octanol–water partition coefficient (Wildman–Crippen LogP) is 5.17. The molecule has 0 unspecified atom stereocenters. The number of hydrogen-bond acceptors (Lipinski definition) is 3. The maximum Gasteiger partial charge on any atom is 0.0795 e. The van der Waals surface area contributed by atoms with Crippen molar-refractivity contribution in [2.75, 3.05) is 0 Å². The van der Waals surface area contributed by atoms with Gasteiger partial charge in [-0.3, -0.25) is 0 Å². The van der Waals surface area contributed by atoms with Crippen molar-refractivity contribution >= 4 is 5.71 Å². The molecule has 0 saturated heterocycles. The highest BCUT2D eigenvalue weighted by Crippen LogP contribution is 2.79. The molecule has 3 heteroatoms. The monoisotopic (exact) mass is 338 g/mol. The van der Waals surface area contributed by atoms with Gasteiger partial charge in [-0.05, 0) is 105 Å². The third-order valence-corrected chi connectivity index (χ3v) is 9.46. The minimum atomic E-state index is -0.0819. The standard InChI is InChI=1S/C22H30N2O/c1-3-22-9-8-16-15-7-5-14(24-25)10-13(15)4-6-17(16)20(22)18-11-19(18)21(22,2)12-23/h10,15-20,25H,3-9,11H2,1-2H3/b24-14-/t15-,16+,17+,18+,19-,20+,21-,22-/m0/s1. The van der Waals surface area contributed by atoms with Crippen LogP contribution < -0.4 is 0 Å². The van der Waals surface area contributed by atoms with E-state index in [0.717, 1.165) is 35.8 Å². The highest BCUT2D eigenvalue weighted by Gasteiger charge is 2.75. The Balaban J connectivity index is 1.51. The van der Waals surface area contributed by atoms with Crippen LogP contribution in [0.3, 0.4) is 0 Å². The molecule has 5 aliphatic carbocycles. The highest BCUT2D eigenvalue weighted by atomic mass is 16.4. The van der Waals surface area contributed by atoms with Crippen LogP contribution in [0.5, 0.6) is 0 Å². The van der Waals surface area contributed by atoms with E-state index < -0.39 is 0 Å². The van der Waals surface area contributed by atoms with Crippen molar-refractivity contribution in [3.05, 3.63) is 11.6 Å². The molecule has 3 nitrogen and oxygen atoms in total. The lowest BCUT2D eigenvalue weighted by atomic mass is 9.46. The van der Waals surface area contributed by atoms with Crippen LogP contribution in [0.25, 0.3) is 0 Å². The molecule has 0 radical (unpaired) electrons. The van der Waals surface area contributed by atoms with E-state index in [9.17, 15) is 5.26 Å². The predicted molar refractivity (Wildman–Crippen MR) is 97.0 cm³/mol. The van der Waals surface area contributed by atoms with Crippen molar-refractivity contribution in [3.8, 4) is 6.07 Å². The summed E-state index contributed by atoms with van der Waals surface area (Å²) in [6, 6.07) is 2.83. The fraction of sp³-hybridized carbons (Fsp3) is 0.818. The van der Waals surface area contributed by atoms with Crippen LogP contribution in [0.1, 0.15) is 65.2 Å². The normalized spacial score (nSPS) is 54.6. The first kappa shape index (κ1) is 15.9. The average molecular weight is 338 g/mol. The third kappa shape index (κ3) is 1.79. The maximum absolute atomic E-state index is 10.1. The van der Waals surface area contributed by atoms with Crippen molar-refractivity contribution in [3.63, 3.8) is 0 Å². The molecule has 0 aromatic rings. The fourth-order valence-electron chi connectivity index (χ4n) is 8.37. The fourth-order valence-corrected chi connectivity index (χ4v) is 8.37. The van der Waals surface area contributed by atoms with Gasteiger partial charge in [0, 0.05) is 0 Å². The molecule has 25 heavy (non-hydrogen) atoms. The van der Waals surface area contributed by atoms with Gasteiger partial charge in [0.15, 0.2) is 0 Å². The molecular weight excluding hydrogens is 308 g/mol. The molecule has 0 aliphatic heterocycles. The molecule has 8 atom stereocenters. The number of hydrogen-bond donors (Lipinski definition) is 1. The van der Waals surface area contributed by atoms with Gasteiger partial charge < -0.3 is 5.21 Å². The van der Waals surface area contributed by atoms with Crippen molar-refractivity contribution in [2.45, 2.75) is 65.2 Å². The van der Waals surface area contributed by atoms with Crippen molar-refractivity contribution < 1.29 is 5.21 Å². The molecule has 1 N–H and O–H groups in total. The zero-order valence-electron chi connectivity index (χ0n) is 15.5. The molecule has 0 aromatic carbocycles. The van der Waals surface area contributed by atoms with E-state index in [1.807, 2.05) is 0 Å². The molecule has 0 spiro atoms. The molecule has 134 valence electrons. The Hall–Kier alpha value is -1.30. The maximum atomic E-state index is 10.1. The van der Waals surface area contributed by atoms with Crippen molar-refractivity contribution in [2.24, 2.45) is 51.5 Å². The van der Waals surface area contributed by atoms with E-state index in [1.54, 1.807) is 5.57 Å². The number of nitriles is 1. The van der Waals surface area contributed by atoms with E-state index in [1.165, 1.54) is 44.9 Å². The van der Waals surface area contributed by atoms with Crippen LogP contribution in [-0.2, 0) is 0 Å². The van der Waals surface area contributed by atoms with Gasteiger partial charge in [0.05, 0.1) is 17.2 Å². The summed E-state index contributed by atoms with van der Waals surface area (Å²) in [4.78, 5) is 0. The van der Waals surface area contributed by atoms with Crippen molar-refractivity contribution in [1.29, 1.82) is 5.26 Å². The second-order valence-electron chi connectivity index (χ2n) is 9.72. The Morgan fingerprint density at radius 1 is 1.24 bits per heavy atom. The molecular formula is C22H30N2O. The zero-order valence-corrected chi connectivity index (χ0v) is 15.5. The Labute approximate surface area is 151 Å². The van der Waals surface area contributed by atoms with E-state index >= 15 is 0 Å². The molecule has 5 rings (SSSR count). The minimum Gasteiger partial charge on any atom is -0.411 e. The van der Waals surface area contributed by atoms with E-state index in [2.05, 4.69) is 31.1 Å². The highest BCUT2D eigenvalue weighted by molar-refractivity contribution is 5.96. The average Bonchev–Trinajstić information content (AvgIpc) is 3.42. The van der Waals surface area contributed by atoms with E-state index in [0.29, 0.717) is 11.8 Å². The van der Waals surface area contributed by atoms with E-state index in [-0.39, 0.29) is 10.8 Å². The van der Waals surface area contributed by atoms with Crippen molar-refractivity contribution in [1.82, 2.24) is 0 Å². The van der Waals surface area contributed by atoms with Crippen LogP contribution in [0.4, 0.5) is 0 Å². The summed E-state index contributed by atoms with van der Waals surface area (Å²) in [5, 5.41) is 22.7. The summed E-state index contributed by atoms with van der Waals surface area (Å²) in [5.41, 5.74) is 2.63. The van der Waals surface area contributed by atoms with Crippen LogP contribution in [0, 0.1) is 57.7 Å². The smallest absolute Gasteiger partial charge is 0.0795 e. The summed E-state index contributed by atoms with van der Waals surface area (Å²) in [6.45, 7) is 4.66. The lowest BCUT2D eigenvalue weighted by molar-refractivity contribution is -0.0702. The van der Waals surface area contributed by atoms with E-state index in [4.69, 9.17) is 5.21 Å². The number of rotatable bonds is 1. The topological polar surface area (TPSA) is 56.4 Å². The van der Waals surface area contributed by atoms with Gasteiger partial charge >= 0.3 is 0 Å². The second-order valence-corrected chi connectivity index (χ2v) is 9.72. The summed E-state index contributed by atoms with van der Waals surface area (Å²) in [6.07, 6.45) is 11.8. The summed E-state index contributed by atoms with van der Waals surface area (Å²) in [5.74, 6) is 4.66. The molecule has 4 saturated carbocycles. The molecule has 0 aromatic heterocycles. The number of oxime groups is 1. The molecule has 0 bridgehead atoms. The molecule has 5 aliphatic rings. The van der Waals surface area contributed by atoms with Gasteiger partial charge in [0.2, 0.25) is 0 Å². The van der Waals surface area contributed by atoms with Gasteiger partial charge in [0.25, 0.3) is 0 Å². The minimum absolute atomic E-state index is 0.0819. The number of nitrogens with zero attached hydrogens (tertiary/aromatic N) is 2. The number of fused-ring (bicyclic) bond motifs is 7. The Morgan fingerprint density at radius 2 is 2.08 bits per heavy atom. The molecule has 0 heterocycles. The van der Waals surface area contributed by atoms with Crippen LogP contribution >= 0.6 is 0 Å². The van der Waals surface area contributed by atoms with Crippen LogP contribution in [0.2, 0.25) is 0 Å². The van der Waals surface area contributed by atoms with Gasteiger partial charge in [-0.25, -0.2) is 0 Å². The molecule has 4 fully saturated rings. The SMILES string of the molecule is CC[C@]12CC[C@H]3[C@@H](CCC4=C/C(=N\O)CC[C@@H]43)[C@@H]1[C@@H]1C[C@@H]1[C@]2(C)C#N. The Kier molecular flexibility index (Phi) is 3.26. The largest absolute Gasteiger partial charge is 0.411 e. The summed E-state index contributed by atoms with van der Waals surface area (Å²) < 4.78 is 0. The lowest BCUT2D eigenvalue weighted by Crippen LogP contribution is -2.52. The van der Waals surface area contributed by atoms with Crippen LogP contribution in [-0.4, -0.2) is 10.9 Å². The first-order valence-corrected chi connectivity index (χ1v) is 10.4. The summed E-state index contributed by atoms with van der Waals surface area (Å²) >= 11 is 0. The van der Waals surface area contributed by atoms with Gasteiger partial charge in [-0.15, -0.1) is 0 Å². The second kappa shape index (κ2) is 5.12. The zero-order chi connectivity index (χ0) is 17.4. The lowest BCUT2D eigenvalue weighted by Gasteiger charge is -2.57. The third-order valence-electron chi connectivity index (χ3n) is 9.46. The quantitative estimate of drug-likeness (QED) is 0.530. The first-order valence-electron chi connectivity index (χ1n) is 10.4. The van der Waals surface area contributed by atoms with Gasteiger partial charge in [-0.2, -0.15) is 5.26 Å². The van der Waals surface area contributed by atoms with Gasteiger partial charge in [-0.1, -0.05) is 17.7 Å². The summed E-state index contributed by atoms with van der Waals surface area (Å²) in [7, 11) is 0. The molecule has 0 amide bonds. The Morgan fingerprint density at radius 3 is 2.80 bits per heavy atom. The Bertz CT molecular complexity index is 703. The number of allylic oxidation sites excluding steroid dienone is 2. The first-order chi connectivity index (χ1) is 12.1. The van der Waals surface area contributed by atoms with Crippen LogP contribution in [0.15, 0.2) is 16.8 Å². The van der Waals surface area contributed by atoms with Gasteiger partial charge in [0.1, 0.15) is 0 Å².